The second-order valence-electron chi connectivity index (χ2n) is 9.46. The summed E-state index contributed by atoms with van der Waals surface area (Å²) in [4.78, 5) is 26.7. The minimum atomic E-state index is -0.319. The molecule has 1 saturated carbocycles. The van der Waals surface area contributed by atoms with Gasteiger partial charge in [-0.15, -0.1) is 0 Å². The fraction of sp³-hybridized carbons (Fsp3) is 0.462. The van der Waals surface area contributed by atoms with Crippen LogP contribution in [0.3, 0.4) is 0 Å². The van der Waals surface area contributed by atoms with Gasteiger partial charge in [0.05, 0.1) is 16.5 Å². The van der Waals surface area contributed by atoms with Gasteiger partial charge in [0, 0.05) is 24.9 Å². The highest BCUT2D eigenvalue weighted by Gasteiger charge is 2.47. The molecule has 1 aliphatic heterocycles. The van der Waals surface area contributed by atoms with Crippen LogP contribution in [0.25, 0.3) is 0 Å². The van der Waals surface area contributed by atoms with E-state index in [9.17, 15) is 9.59 Å². The van der Waals surface area contributed by atoms with Gasteiger partial charge in [-0.25, -0.2) is 0 Å². The van der Waals surface area contributed by atoms with Crippen LogP contribution in [0.5, 0.6) is 5.75 Å². The molecule has 1 heterocycles. The Bertz CT molecular complexity index is 1040. The fourth-order valence-electron chi connectivity index (χ4n) is 5.59. The number of hydrogen-bond acceptors (Lipinski definition) is 4. The molecule has 2 unspecified atom stereocenters. The first-order chi connectivity index (χ1) is 15.7. The Morgan fingerprint density at radius 1 is 1.15 bits per heavy atom. The van der Waals surface area contributed by atoms with E-state index < -0.39 is 0 Å². The molecule has 0 radical (unpaired) electrons. The molecule has 176 valence electrons. The Labute approximate surface area is 205 Å². The lowest BCUT2D eigenvalue weighted by atomic mass is 9.58. The summed E-state index contributed by atoms with van der Waals surface area (Å²) in [5.74, 6) is 0.749. The Morgan fingerprint density at radius 3 is 2.73 bits per heavy atom. The molecule has 0 bridgehead atoms. The van der Waals surface area contributed by atoms with Gasteiger partial charge in [0.1, 0.15) is 5.75 Å². The standard InChI is InChI=1S/C26H30Cl2N2O3/c1-17(31)33-22-5-3-4-19(14-22)26-10-11-30(2)16-20(26)7-8-21(15-26)29-25(32)13-18-6-9-23(27)24(28)12-18/h3-6,9,12,14,20-21H,7-8,10-11,13,15-16H2,1-2H3,(H,29,32)/t20?,21-,26?/m1/s1. The van der Waals surface area contributed by atoms with Gasteiger partial charge in [-0.3, -0.25) is 9.59 Å². The van der Waals surface area contributed by atoms with E-state index in [2.05, 4.69) is 23.3 Å². The largest absolute Gasteiger partial charge is 0.427 e. The van der Waals surface area contributed by atoms with Crippen molar-refractivity contribution in [2.45, 2.75) is 50.5 Å². The number of halogens is 2. The summed E-state index contributed by atoms with van der Waals surface area (Å²) in [6, 6.07) is 13.3. The van der Waals surface area contributed by atoms with E-state index in [-0.39, 0.29) is 29.8 Å². The Kier molecular flexibility index (Phi) is 7.32. The molecule has 1 saturated heterocycles. The number of rotatable bonds is 5. The van der Waals surface area contributed by atoms with Gasteiger partial charge in [-0.05, 0) is 80.6 Å². The summed E-state index contributed by atoms with van der Waals surface area (Å²) in [6.07, 6.45) is 4.16. The molecule has 1 aliphatic carbocycles. The lowest BCUT2D eigenvalue weighted by Gasteiger charge is -2.52. The fourth-order valence-corrected chi connectivity index (χ4v) is 5.91. The van der Waals surface area contributed by atoms with Gasteiger partial charge in [-0.2, -0.15) is 0 Å². The van der Waals surface area contributed by atoms with Crippen LogP contribution < -0.4 is 10.1 Å². The highest BCUT2D eigenvalue weighted by molar-refractivity contribution is 6.42. The van der Waals surface area contributed by atoms with E-state index in [1.54, 1.807) is 12.1 Å². The number of esters is 1. The molecule has 2 fully saturated rings. The zero-order chi connectivity index (χ0) is 23.6. The van der Waals surface area contributed by atoms with Crippen LogP contribution in [0.15, 0.2) is 42.5 Å². The van der Waals surface area contributed by atoms with Gasteiger partial charge in [0.2, 0.25) is 5.91 Å². The molecule has 33 heavy (non-hydrogen) atoms. The smallest absolute Gasteiger partial charge is 0.308 e. The first-order valence-corrected chi connectivity index (χ1v) is 12.2. The lowest BCUT2D eigenvalue weighted by Crippen LogP contribution is -2.55. The van der Waals surface area contributed by atoms with Crippen molar-refractivity contribution in [1.82, 2.24) is 10.2 Å². The van der Waals surface area contributed by atoms with Crippen LogP contribution in [-0.2, 0) is 21.4 Å². The first-order valence-electron chi connectivity index (χ1n) is 11.5. The van der Waals surface area contributed by atoms with Crippen molar-refractivity contribution in [2.75, 3.05) is 20.1 Å². The number of carbonyl (C=O) groups excluding carboxylic acids is 2. The number of nitrogens with zero attached hydrogens (tertiary/aromatic N) is 1. The number of likely N-dealkylation sites (tertiary alicyclic amines) is 1. The predicted molar refractivity (Wildman–Crippen MR) is 131 cm³/mol. The van der Waals surface area contributed by atoms with Crippen LogP contribution in [0.1, 0.15) is 43.7 Å². The van der Waals surface area contributed by atoms with Crippen molar-refractivity contribution in [1.29, 1.82) is 0 Å². The molecule has 2 aliphatic rings. The number of ether oxygens (including phenoxy) is 1. The monoisotopic (exact) mass is 488 g/mol. The molecule has 2 aromatic carbocycles. The van der Waals surface area contributed by atoms with Crippen LogP contribution in [0, 0.1) is 5.92 Å². The summed E-state index contributed by atoms with van der Waals surface area (Å²) in [7, 11) is 2.17. The van der Waals surface area contributed by atoms with Crippen molar-refractivity contribution in [3.8, 4) is 5.75 Å². The van der Waals surface area contributed by atoms with Crippen molar-refractivity contribution in [3.05, 3.63) is 63.6 Å². The van der Waals surface area contributed by atoms with E-state index in [4.69, 9.17) is 27.9 Å². The maximum absolute atomic E-state index is 12.9. The molecular formula is C26H30Cl2N2O3. The van der Waals surface area contributed by atoms with E-state index in [1.807, 2.05) is 24.3 Å². The van der Waals surface area contributed by atoms with Gasteiger partial charge in [0.15, 0.2) is 0 Å². The van der Waals surface area contributed by atoms with Crippen molar-refractivity contribution < 1.29 is 14.3 Å². The number of benzene rings is 2. The topological polar surface area (TPSA) is 58.6 Å². The van der Waals surface area contributed by atoms with E-state index >= 15 is 0 Å². The second-order valence-corrected chi connectivity index (χ2v) is 10.3. The van der Waals surface area contributed by atoms with Gasteiger partial charge in [0.25, 0.3) is 0 Å². The van der Waals surface area contributed by atoms with Crippen molar-refractivity contribution in [2.24, 2.45) is 5.92 Å². The number of amides is 1. The minimum Gasteiger partial charge on any atom is -0.427 e. The molecule has 0 aromatic heterocycles. The van der Waals surface area contributed by atoms with Crippen molar-refractivity contribution >= 4 is 35.1 Å². The van der Waals surface area contributed by atoms with Crippen LogP contribution in [0.4, 0.5) is 0 Å². The zero-order valence-corrected chi connectivity index (χ0v) is 20.6. The summed E-state index contributed by atoms with van der Waals surface area (Å²) in [5.41, 5.74) is 1.99. The molecule has 4 rings (SSSR count). The third-order valence-corrected chi connectivity index (χ3v) is 7.85. The number of nitrogens with one attached hydrogen (secondary N) is 1. The maximum atomic E-state index is 12.9. The Hall–Kier alpha value is -2.08. The van der Waals surface area contributed by atoms with Gasteiger partial charge < -0.3 is 15.0 Å². The third-order valence-electron chi connectivity index (χ3n) is 7.11. The second kappa shape index (κ2) is 10.0. The summed E-state index contributed by atoms with van der Waals surface area (Å²) >= 11 is 12.1. The summed E-state index contributed by atoms with van der Waals surface area (Å²) < 4.78 is 5.38. The first kappa shape index (κ1) is 24.1. The van der Waals surface area contributed by atoms with Crippen LogP contribution in [0.2, 0.25) is 10.0 Å². The SMILES string of the molecule is CC(=O)Oc1cccc(C23CCN(C)CC2CC[C@@H](NC(=O)Cc2ccc(Cl)c(Cl)c2)C3)c1. The number of fused-ring (bicyclic) bond motifs is 1. The van der Waals surface area contributed by atoms with E-state index in [1.165, 1.54) is 12.5 Å². The third kappa shape index (κ3) is 5.53. The van der Waals surface area contributed by atoms with Gasteiger partial charge in [-0.1, -0.05) is 41.4 Å². The van der Waals surface area contributed by atoms with Crippen molar-refractivity contribution in [3.63, 3.8) is 0 Å². The zero-order valence-electron chi connectivity index (χ0n) is 19.1. The van der Waals surface area contributed by atoms with E-state index in [0.29, 0.717) is 21.7 Å². The molecule has 5 nitrogen and oxygen atoms in total. The molecule has 7 heteroatoms. The molecule has 1 N–H and O–H groups in total. The van der Waals surface area contributed by atoms with Crippen LogP contribution in [-0.4, -0.2) is 43.0 Å². The van der Waals surface area contributed by atoms with Gasteiger partial charge >= 0.3 is 5.97 Å². The van der Waals surface area contributed by atoms with Crippen LogP contribution >= 0.6 is 23.2 Å². The molecular weight excluding hydrogens is 459 g/mol. The molecule has 2 aromatic rings. The maximum Gasteiger partial charge on any atom is 0.308 e. The predicted octanol–water partition coefficient (Wildman–Crippen LogP) is 5.02. The molecule has 3 atom stereocenters. The number of piperidine rings is 1. The number of hydrogen-bond donors (Lipinski definition) is 1. The molecule has 1 amide bonds. The lowest BCUT2D eigenvalue weighted by molar-refractivity contribution is -0.132. The highest BCUT2D eigenvalue weighted by Crippen LogP contribution is 2.49. The average molecular weight is 489 g/mol. The van der Waals surface area contributed by atoms with E-state index in [0.717, 1.165) is 44.3 Å². The Morgan fingerprint density at radius 2 is 1.97 bits per heavy atom. The highest BCUT2D eigenvalue weighted by atomic mass is 35.5. The quantitative estimate of drug-likeness (QED) is 0.474. The summed E-state index contributed by atoms with van der Waals surface area (Å²) in [5, 5.41) is 4.22. The minimum absolute atomic E-state index is 0.00594. The Balaban J connectivity index is 1.53. The summed E-state index contributed by atoms with van der Waals surface area (Å²) in [6.45, 7) is 3.45. The molecule has 0 spiro atoms. The normalized spacial score (nSPS) is 25.2. The number of carbonyl (C=O) groups is 2. The average Bonchev–Trinajstić information content (AvgIpc) is 2.76.